The van der Waals surface area contributed by atoms with Crippen LogP contribution in [0.15, 0.2) is 24.3 Å². The predicted molar refractivity (Wildman–Crippen MR) is 57.7 cm³/mol. The molecule has 0 saturated heterocycles. The number of halogens is 1. The lowest BCUT2D eigenvalue weighted by Gasteiger charge is -2.07. The number of sulfonamides is 1. The lowest BCUT2D eigenvalue weighted by molar-refractivity contribution is 0.596. The quantitative estimate of drug-likeness (QED) is 0.789. The molecular weight excluding hydrogens is 219 g/mol. The Labute approximate surface area is 88.6 Å². The van der Waals surface area contributed by atoms with Crippen LogP contribution < -0.4 is 10.0 Å². The van der Waals surface area contributed by atoms with E-state index in [9.17, 15) is 12.8 Å². The average Bonchev–Trinajstić information content (AvgIpc) is 2.18. The monoisotopic (exact) mass is 232 g/mol. The molecule has 0 bridgehead atoms. The van der Waals surface area contributed by atoms with Crippen molar-refractivity contribution < 1.29 is 12.8 Å². The summed E-state index contributed by atoms with van der Waals surface area (Å²) in [5.74, 6) is -0.664. The zero-order valence-electron chi connectivity index (χ0n) is 8.33. The minimum Gasteiger partial charge on any atom is -0.319 e. The Hall–Kier alpha value is -1.14. The van der Waals surface area contributed by atoms with Crippen molar-refractivity contribution in [1.29, 1.82) is 0 Å². The number of hydrogen-bond donors (Lipinski definition) is 2. The third kappa shape index (κ3) is 3.85. The van der Waals surface area contributed by atoms with Gasteiger partial charge in [0.2, 0.25) is 10.0 Å². The van der Waals surface area contributed by atoms with Crippen molar-refractivity contribution >= 4 is 15.7 Å². The second-order valence-electron chi connectivity index (χ2n) is 3.00. The first-order valence-corrected chi connectivity index (χ1v) is 6.10. The molecule has 0 aliphatic carbocycles. The predicted octanol–water partition coefficient (Wildman–Crippen LogP) is 0.787. The Balaban J connectivity index is 2.74. The van der Waals surface area contributed by atoms with E-state index < -0.39 is 15.8 Å². The van der Waals surface area contributed by atoms with Gasteiger partial charge in [0.1, 0.15) is 5.82 Å². The van der Waals surface area contributed by atoms with Gasteiger partial charge in [0.25, 0.3) is 0 Å². The van der Waals surface area contributed by atoms with Gasteiger partial charge in [-0.15, -0.1) is 0 Å². The lowest BCUT2D eigenvalue weighted by atomic mass is 10.3. The van der Waals surface area contributed by atoms with Crippen LogP contribution in [-0.2, 0) is 10.0 Å². The summed E-state index contributed by atoms with van der Waals surface area (Å²) in [5.41, 5.74) is -0.0198. The summed E-state index contributed by atoms with van der Waals surface area (Å²) in [6.07, 6.45) is 0. The highest BCUT2D eigenvalue weighted by molar-refractivity contribution is 7.92. The first-order chi connectivity index (χ1) is 7.05. The van der Waals surface area contributed by atoms with E-state index in [4.69, 9.17) is 0 Å². The molecule has 0 heterocycles. The normalized spacial score (nSPS) is 11.3. The van der Waals surface area contributed by atoms with E-state index in [2.05, 4.69) is 10.0 Å². The zero-order valence-corrected chi connectivity index (χ0v) is 9.14. The van der Waals surface area contributed by atoms with Gasteiger partial charge in [0, 0.05) is 6.54 Å². The van der Waals surface area contributed by atoms with Gasteiger partial charge >= 0.3 is 0 Å². The van der Waals surface area contributed by atoms with Crippen molar-refractivity contribution in [2.75, 3.05) is 24.1 Å². The van der Waals surface area contributed by atoms with E-state index >= 15 is 0 Å². The minimum absolute atomic E-state index is 0.0198. The molecule has 1 aromatic carbocycles. The van der Waals surface area contributed by atoms with Crippen LogP contribution in [0.4, 0.5) is 10.1 Å². The molecule has 1 aromatic rings. The van der Waals surface area contributed by atoms with E-state index in [-0.39, 0.29) is 11.4 Å². The fraction of sp³-hybridized carbons (Fsp3) is 0.333. The molecule has 15 heavy (non-hydrogen) atoms. The molecule has 0 fully saturated rings. The Bertz CT molecular complexity index is 420. The van der Waals surface area contributed by atoms with Crippen LogP contribution in [0.1, 0.15) is 0 Å². The topological polar surface area (TPSA) is 58.2 Å². The molecule has 0 aliphatic rings. The molecule has 1 rings (SSSR count). The number of rotatable bonds is 5. The first kappa shape index (κ1) is 11.9. The smallest absolute Gasteiger partial charge is 0.234 e. The third-order valence-corrected chi connectivity index (χ3v) is 3.03. The van der Waals surface area contributed by atoms with Crippen molar-refractivity contribution in [1.82, 2.24) is 5.32 Å². The molecule has 0 spiro atoms. The van der Waals surface area contributed by atoms with Gasteiger partial charge in [-0.05, 0) is 19.2 Å². The van der Waals surface area contributed by atoms with Gasteiger partial charge in [-0.25, -0.2) is 12.8 Å². The van der Waals surface area contributed by atoms with Crippen LogP contribution in [0.5, 0.6) is 0 Å². The van der Waals surface area contributed by atoms with Crippen LogP contribution in [0, 0.1) is 5.82 Å². The Morgan fingerprint density at radius 1 is 1.33 bits per heavy atom. The van der Waals surface area contributed by atoms with Crippen LogP contribution in [0.25, 0.3) is 0 Å². The summed E-state index contributed by atoms with van der Waals surface area (Å²) in [6.45, 7) is 0.323. The van der Waals surface area contributed by atoms with Gasteiger partial charge in [-0.1, -0.05) is 12.1 Å². The van der Waals surface area contributed by atoms with Gasteiger partial charge in [0.05, 0.1) is 11.4 Å². The maximum atomic E-state index is 13.1. The molecule has 0 radical (unpaired) electrons. The largest absolute Gasteiger partial charge is 0.319 e. The van der Waals surface area contributed by atoms with Crippen LogP contribution in [-0.4, -0.2) is 27.8 Å². The van der Waals surface area contributed by atoms with E-state index in [0.29, 0.717) is 6.54 Å². The van der Waals surface area contributed by atoms with Crippen molar-refractivity contribution in [2.45, 2.75) is 0 Å². The first-order valence-electron chi connectivity index (χ1n) is 4.45. The van der Waals surface area contributed by atoms with Crippen molar-refractivity contribution in [2.24, 2.45) is 0 Å². The fourth-order valence-corrected chi connectivity index (χ4v) is 2.07. The number of hydrogen-bond acceptors (Lipinski definition) is 3. The number of para-hydroxylation sites is 1. The molecule has 84 valence electrons. The molecule has 0 saturated carbocycles. The zero-order chi connectivity index (χ0) is 11.3. The van der Waals surface area contributed by atoms with Crippen molar-refractivity contribution in [3.05, 3.63) is 30.1 Å². The summed E-state index contributed by atoms with van der Waals surface area (Å²) < 4.78 is 38.1. The van der Waals surface area contributed by atoms with Crippen molar-refractivity contribution in [3.8, 4) is 0 Å². The summed E-state index contributed by atoms with van der Waals surface area (Å²) >= 11 is 0. The minimum atomic E-state index is -3.47. The van der Waals surface area contributed by atoms with Crippen LogP contribution >= 0.6 is 0 Å². The van der Waals surface area contributed by atoms with E-state index in [0.717, 1.165) is 0 Å². The van der Waals surface area contributed by atoms with E-state index in [1.807, 2.05) is 0 Å². The molecule has 2 N–H and O–H groups in total. The summed E-state index contributed by atoms with van der Waals surface area (Å²) in [7, 11) is -1.82. The van der Waals surface area contributed by atoms with Gasteiger partial charge in [-0.2, -0.15) is 0 Å². The molecule has 0 aliphatic heterocycles. The van der Waals surface area contributed by atoms with Crippen LogP contribution in [0.2, 0.25) is 0 Å². The second kappa shape index (κ2) is 5.09. The van der Waals surface area contributed by atoms with Gasteiger partial charge < -0.3 is 5.32 Å². The average molecular weight is 232 g/mol. The number of anilines is 1. The molecule has 0 amide bonds. The molecule has 6 heteroatoms. The highest BCUT2D eigenvalue weighted by Crippen LogP contribution is 2.13. The third-order valence-electron chi connectivity index (χ3n) is 1.76. The van der Waals surface area contributed by atoms with E-state index in [1.54, 1.807) is 13.1 Å². The van der Waals surface area contributed by atoms with Crippen molar-refractivity contribution in [3.63, 3.8) is 0 Å². The summed E-state index contributed by atoms with van der Waals surface area (Å²) in [5, 5.41) is 2.71. The molecule has 0 aromatic heterocycles. The van der Waals surface area contributed by atoms with Gasteiger partial charge in [0.15, 0.2) is 0 Å². The fourth-order valence-electron chi connectivity index (χ4n) is 0.999. The van der Waals surface area contributed by atoms with Gasteiger partial charge in [-0.3, -0.25) is 4.72 Å². The van der Waals surface area contributed by atoms with E-state index in [1.165, 1.54) is 18.2 Å². The lowest BCUT2D eigenvalue weighted by Crippen LogP contribution is -2.24. The summed E-state index contributed by atoms with van der Waals surface area (Å²) in [4.78, 5) is 0. The molecule has 0 atom stereocenters. The molecule has 0 unspecified atom stereocenters. The maximum Gasteiger partial charge on any atom is 0.234 e. The molecule has 4 nitrogen and oxygen atoms in total. The number of benzene rings is 1. The second-order valence-corrected chi connectivity index (χ2v) is 4.85. The van der Waals surface area contributed by atoms with Crippen LogP contribution in [0.3, 0.4) is 0 Å². The molecular formula is C9H13FN2O2S. The maximum absolute atomic E-state index is 13.1. The highest BCUT2D eigenvalue weighted by Gasteiger charge is 2.11. The standard InChI is InChI=1S/C9H13FN2O2S/c1-11-6-7-15(13,14)12-9-5-3-2-4-8(9)10/h2-5,11-12H,6-7H2,1H3. The highest BCUT2D eigenvalue weighted by atomic mass is 32.2. The Kier molecular flexibility index (Phi) is 4.05. The Morgan fingerprint density at radius 2 is 2.00 bits per heavy atom. The number of nitrogens with one attached hydrogen (secondary N) is 2. The SMILES string of the molecule is CNCCS(=O)(=O)Nc1ccccc1F. The summed E-state index contributed by atoms with van der Waals surface area (Å²) in [6, 6.07) is 5.65. The Morgan fingerprint density at radius 3 is 2.60 bits per heavy atom.